The number of carbonyl (C=O) groups is 1. The highest BCUT2D eigenvalue weighted by molar-refractivity contribution is 7.90. The number of benzene rings is 3. The van der Waals surface area contributed by atoms with E-state index in [1.807, 2.05) is 17.0 Å². The van der Waals surface area contributed by atoms with Gasteiger partial charge >= 0.3 is 12.2 Å². The first-order valence-corrected chi connectivity index (χ1v) is 17.5. The van der Waals surface area contributed by atoms with E-state index >= 15 is 0 Å². The summed E-state index contributed by atoms with van der Waals surface area (Å²) in [7, 11) is -3.15. The summed E-state index contributed by atoms with van der Waals surface area (Å²) in [6.45, 7) is 3.66. The molecule has 0 saturated carbocycles. The van der Waals surface area contributed by atoms with Crippen LogP contribution in [0.4, 0.5) is 18.0 Å². The fourth-order valence-electron chi connectivity index (χ4n) is 5.62. The number of sulfone groups is 1. The van der Waals surface area contributed by atoms with Gasteiger partial charge in [-0.25, -0.2) is 13.2 Å². The minimum atomic E-state index is -4.61. The van der Waals surface area contributed by atoms with Crippen LogP contribution in [0.1, 0.15) is 41.3 Å². The van der Waals surface area contributed by atoms with E-state index in [0.717, 1.165) is 17.7 Å². The maximum absolute atomic E-state index is 14.6. The van der Waals surface area contributed by atoms with Crippen molar-refractivity contribution in [1.82, 2.24) is 14.7 Å². The SMILES string of the molecule is CCOc1cc(C(F)(F)F)ccc1C1=N[C@@H](c2ccc(Cl)cc2)[C@@H](c2ccc(Cl)cc2)N1C(=O)N1CCN(CCS(C)(=O)=O)CC1. The number of urea groups is 1. The molecule has 0 spiro atoms. The first kappa shape index (κ1) is 34.0. The maximum Gasteiger partial charge on any atom is 0.416 e. The van der Waals surface area contributed by atoms with Gasteiger partial charge in [0, 0.05) is 49.0 Å². The number of rotatable bonds is 8. The molecular weight excluding hydrogens is 664 g/mol. The standard InChI is InChI=1S/C32H33Cl2F3N4O4S/c1-3-45-27-20-23(32(35,36)37)8-13-26(27)30-38-28(21-4-9-24(33)10-5-21)29(22-6-11-25(34)12-7-22)41(30)31(42)40-16-14-39(15-17-40)18-19-46(2,43)44/h4-13,20,28-29H,3,14-19H2,1-2H3/t28-,29+/m0/s1. The van der Waals surface area contributed by atoms with E-state index < -0.39 is 33.7 Å². The van der Waals surface area contributed by atoms with Gasteiger partial charge in [-0.15, -0.1) is 0 Å². The molecule has 0 aliphatic carbocycles. The van der Waals surface area contributed by atoms with Gasteiger partial charge in [0.15, 0.2) is 0 Å². The predicted molar refractivity (Wildman–Crippen MR) is 172 cm³/mol. The van der Waals surface area contributed by atoms with E-state index in [1.54, 1.807) is 48.2 Å². The van der Waals surface area contributed by atoms with Gasteiger partial charge in [-0.1, -0.05) is 47.5 Å². The Morgan fingerprint density at radius 3 is 2.07 bits per heavy atom. The largest absolute Gasteiger partial charge is 0.493 e. The quantitative estimate of drug-likeness (QED) is 0.261. The number of amides is 2. The zero-order chi connectivity index (χ0) is 33.2. The topological polar surface area (TPSA) is 82.5 Å². The smallest absolute Gasteiger partial charge is 0.416 e. The van der Waals surface area contributed by atoms with E-state index in [0.29, 0.717) is 48.3 Å². The number of ether oxygens (including phenoxy) is 1. The van der Waals surface area contributed by atoms with Gasteiger partial charge in [0.1, 0.15) is 27.5 Å². The van der Waals surface area contributed by atoms with Gasteiger partial charge in [0.05, 0.1) is 29.5 Å². The van der Waals surface area contributed by atoms with Crippen LogP contribution in [0.25, 0.3) is 0 Å². The van der Waals surface area contributed by atoms with Gasteiger partial charge in [0.25, 0.3) is 0 Å². The van der Waals surface area contributed by atoms with Gasteiger partial charge in [-0.2, -0.15) is 13.2 Å². The molecule has 0 bridgehead atoms. The molecule has 0 unspecified atom stereocenters. The molecule has 0 N–H and O–H groups in total. The highest BCUT2D eigenvalue weighted by Crippen LogP contribution is 2.46. The minimum absolute atomic E-state index is 0.0133. The lowest BCUT2D eigenvalue weighted by atomic mass is 9.93. The summed E-state index contributed by atoms with van der Waals surface area (Å²) >= 11 is 12.4. The number of hydrogen-bond donors (Lipinski definition) is 0. The van der Waals surface area contributed by atoms with Crippen molar-refractivity contribution in [3.63, 3.8) is 0 Å². The number of amidine groups is 1. The maximum atomic E-state index is 14.6. The Kier molecular flexibility index (Phi) is 10.2. The van der Waals surface area contributed by atoms with Crippen molar-refractivity contribution in [1.29, 1.82) is 0 Å². The molecule has 2 amide bonds. The zero-order valence-corrected chi connectivity index (χ0v) is 27.5. The summed E-state index contributed by atoms with van der Waals surface area (Å²) in [5, 5.41) is 1.01. The van der Waals surface area contributed by atoms with Gasteiger partial charge in [-0.3, -0.25) is 14.8 Å². The van der Waals surface area contributed by atoms with Crippen molar-refractivity contribution in [2.75, 3.05) is 51.3 Å². The van der Waals surface area contributed by atoms with Gasteiger partial charge < -0.3 is 9.64 Å². The zero-order valence-electron chi connectivity index (χ0n) is 25.2. The van der Waals surface area contributed by atoms with E-state index in [4.69, 9.17) is 32.9 Å². The highest BCUT2D eigenvalue weighted by Gasteiger charge is 2.45. The molecule has 2 aliphatic rings. The van der Waals surface area contributed by atoms with Crippen LogP contribution in [-0.4, -0.2) is 86.3 Å². The van der Waals surface area contributed by atoms with Crippen LogP contribution in [-0.2, 0) is 16.0 Å². The molecule has 2 heterocycles. The monoisotopic (exact) mass is 696 g/mol. The Labute approximate surface area is 276 Å². The highest BCUT2D eigenvalue weighted by atomic mass is 35.5. The lowest BCUT2D eigenvalue weighted by Gasteiger charge is -2.39. The number of alkyl halides is 3. The molecule has 8 nitrogen and oxygen atoms in total. The molecule has 2 aliphatic heterocycles. The number of piperazine rings is 1. The summed E-state index contributed by atoms with van der Waals surface area (Å²) in [4.78, 5) is 24.8. The lowest BCUT2D eigenvalue weighted by molar-refractivity contribution is -0.137. The number of aliphatic imine (C=N–C) groups is 1. The molecule has 2 atom stereocenters. The second kappa shape index (κ2) is 13.8. The summed E-state index contributed by atoms with van der Waals surface area (Å²) in [5.74, 6) is 0.132. The van der Waals surface area contributed by atoms with Crippen molar-refractivity contribution in [2.45, 2.75) is 25.2 Å². The predicted octanol–water partition coefficient (Wildman–Crippen LogP) is 6.74. The molecule has 14 heteroatoms. The normalized spacial score (nSPS) is 19.3. The van der Waals surface area contributed by atoms with E-state index in [9.17, 15) is 26.4 Å². The Morgan fingerprint density at radius 1 is 0.935 bits per heavy atom. The first-order valence-electron chi connectivity index (χ1n) is 14.7. The number of carbonyl (C=O) groups excluding carboxylic acids is 1. The molecule has 46 heavy (non-hydrogen) atoms. The summed E-state index contributed by atoms with van der Waals surface area (Å²) in [6.07, 6.45) is -3.42. The molecule has 3 aromatic rings. The molecular formula is C32H33Cl2F3N4O4S. The molecule has 5 rings (SSSR count). The van der Waals surface area contributed by atoms with Gasteiger partial charge in [0.2, 0.25) is 0 Å². The summed E-state index contributed by atoms with van der Waals surface area (Å²) in [6, 6.07) is 15.5. The third kappa shape index (κ3) is 7.79. The minimum Gasteiger partial charge on any atom is -0.493 e. The van der Waals surface area contributed by atoms with Crippen molar-refractivity contribution < 1.29 is 31.1 Å². The second-order valence-corrected chi connectivity index (χ2v) is 14.3. The fraction of sp³-hybridized carbons (Fsp3) is 0.375. The molecule has 0 aromatic heterocycles. The van der Waals surface area contributed by atoms with Crippen LogP contribution in [0.15, 0.2) is 71.7 Å². The lowest BCUT2D eigenvalue weighted by Crippen LogP contribution is -2.54. The number of nitrogens with zero attached hydrogens (tertiary/aromatic N) is 4. The summed E-state index contributed by atoms with van der Waals surface area (Å²) in [5.41, 5.74) is 0.816. The Balaban J connectivity index is 1.60. The average Bonchev–Trinajstić information content (AvgIpc) is 3.40. The van der Waals surface area contributed by atoms with E-state index in [1.165, 1.54) is 17.2 Å². The molecule has 0 radical (unpaired) electrons. The van der Waals surface area contributed by atoms with Crippen molar-refractivity contribution in [3.8, 4) is 5.75 Å². The fourth-order valence-corrected chi connectivity index (χ4v) is 6.46. The van der Waals surface area contributed by atoms with Crippen LogP contribution in [0.5, 0.6) is 5.75 Å². The number of hydrogen-bond acceptors (Lipinski definition) is 6. The molecule has 1 fully saturated rings. The Morgan fingerprint density at radius 2 is 1.52 bits per heavy atom. The Bertz CT molecular complexity index is 1700. The average molecular weight is 698 g/mol. The molecule has 1 saturated heterocycles. The third-order valence-corrected chi connectivity index (χ3v) is 9.39. The number of halogens is 5. The van der Waals surface area contributed by atoms with E-state index in [-0.39, 0.29) is 35.5 Å². The van der Waals surface area contributed by atoms with Crippen LogP contribution < -0.4 is 4.74 Å². The van der Waals surface area contributed by atoms with Crippen molar-refractivity contribution in [2.24, 2.45) is 4.99 Å². The van der Waals surface area contributed by atoms with Crippen LogP contribution in [0.2, 0.25) is 10.0 Å². The second-order valence-electron chi connectivity index (χ2n) is 11.2. The van der Waals surface area contributed by atoms with Crippen LogP contribution in [0, 0.1) is 0 Å². The van der Waals surface area contributed by atoms with Crippen molar-refractivity contribution in [3.05, 3.63) is 99.0 Å². The Hall–Kier alpha value is -3.32. The third-order valence-electron chi connectivity index (χ3n) is 7.97. The molecule has 3 aromatic carbocycles. The van der Waals surface area contributed by atoms with Crippen LogP contribution >= 0.6 is 23.2 Å². The van der Waals surface area contributed by atoms with Gasteiger partial charge in [-0.05, 0) is 60.5 Å². The first-order chi connectivity index (χ1) is 21.7. The van der Waals surface area contributed by atoms with E-state index in [2.05, 4.69) is 0 Å². The molecule has 246 valence electrons. The van der Waals surface area contributed by atoms with Crippen molar-refractivity contribution >= 4 is 44.9 Å². The summed E-state index contributed by atoms with van der Waals surface area (Å²) < 4.78 is 70.3. The van der Waals surface area contributed by atoms with Crippen LogP contribution in [0.3, 0.4) is 0 Å².